The molecule has 0 unspecified atom stereocenters. The highest BCUT2D eigenvalue weighted by Crippen LogP contribution is 2.31. The van der Waals surface area contributed by atoms with Gasteiger partial charge in [0.05, 0.1) is 0 Å². The number of hydrogen-bond donors (Lipinski definition) is 1. The minimum atomic E-state index is -0.349. The van der Waals surface area contributed by atoms with Crippen LogP contribution in [0.15, 0.2) is 36.4 Å². The molecule has 1 aliphatic carbocycles. The van der Waals surface area contributed by atoms with E-state index >= 15 is 0 Å². The molecule has 1 N–H and O–H groups in total. The van der Waals surface area contributed by atoms with Crippen molar-refractivity contribution in [3.8, 4) is 11.5 Å². The Kier molecular flexibility index (Phi) is 4.13. The van der Waals surface area contributed by atoms with E-state index in [1.54, 1.807) is 18.2 Å². The molecule has 1 aliphatic rings. The van der Waals surface area contributed by atoms with Crippen LogP contribution in [0, 0.1) is 12.7 Å². The van der Waals surface area contributed by atoms with E-state index in [0.717, 1.165) is 11.1 Å². The first kappa shape index (κ1) is 14.4. The quantitative estimate of drug-likeness (QED) is 0.854. The number of rotatable bonds is 5. The fourth-order valence-electron chi connectivity index (χ4n) is 2.15. The molecule has 3 rings (SSSR count). The Morgan fingerprint density at radius 2 is 2.10 bits per heavy atom. The lowest BCUT2D eigenvalue weighted by atomic mass is 10.2. The van der Waals surface area contributed by atoms with Crippen LogP contribution in [0.1, 0.15) is 24.0 Å². The van der Waals surface area contributed by atoms with Gasteiger partial charge < -0.3 is 10.1 Å². The number of ether oxygens (including phenoxy) is 1. The predicted molar refractivity (Wildman–Crippen MR) is 82.5 cm³/mol. The molecule has 1 saturated carbocycles. The van der Waals surface area contributed by atoms with Crippen LogP contribution in [0.5, 0.6) is 11.5 Å². The summed E-state index contributed by atoms with van der Waals surface area (Å²) in [5, 5.41) is 4.05. The third-order valence-electron chi connectivity index (χ3n) is 3.56. The molecule has 0 saturated heterocycles. The van der Waals surface area contributed by atoms with Crippen LogP contribution in [-0.4, -0.2) is 6.04 Å². The van der Waals surface area contributed by atoms with Gasteiger partial charge in [-0.3, -0.25) is 0 Å². The fraction of sp³-hybridized carbons (Fsp3) is 0.294. The molecule has 2 aromatic carbocycles. The van der Waals surface area contributed by atoms with Gasteiger partial charge in [-0.1, -0.05) is 23.7 Å². The highest BCUT2D eigenvalue weighted by Gasteiger charge is 2.21. The Balaban J connectivity index is 1.83. The van der Waals surface area contributed by atoms with Crippen molar-refractivity contribution in [1.29, 1.82) is 0 Å². The molecule has 2 aromatic rings. The van der Waals surface area contributed by atoms with E-state index in [9.17, 15) is 4.39 Å². The molecule has 21 heavy (non-hydrogen) atoms. The first-order chi connectivity index (χ1) is 10.1. The Bertz CT molecular complexity index is 655. The minimum Gasteiger partial charge on any atom is -0.454 e. The molecule has 2 nitrogen and oxygen atoms in total. The monoisotopic (exact) mass is 305 g/mol. The summed E-state index contributed by atoms with van der Waals surface area (Å²) in [6.07, 6.45) is 2.39. The summed E-state index contributed by atoms with van der Waals surface area (Å²) in [7, 11) is 0. The molecule has 0 heterocycles. The summed E-state index contributed by atoms with van der Waals surface area (Å²) >= 11 is 6.00. The number of para-hydroxylation sites is 1. The number of aryl methyl sites for hydroxylation is 1. The highest BCUT2D eigenvalue weighted by molar-refractivity contribution is 6.31. The smallest absolute Gasteiger partial charge is 0.167 e. The zero-order valence-electron chi connectivity index (χ0n) is 11.8. The van der Waals surface area contributed by atoms with Crippen molar-refractivity contribution in [2.45, 2.75) is 32.4 Å². The topological polar surface area (TPSA) is 21.3 Å². The van der Waals surface area contributed by atoms with E-state index in [0.29, 0.717) is 23.4 Å². The number of hydrogen-bond acceptors (Lipinski definition) is 2. The van der Waals surface area contributed by atoms with Crippen LogP contribution >= 0.6 is 11.6 Å². The van der Waals surface area contributed by atoms with Crippen molar-refractivity contribution < 1.29 is 9.13 Å². The lowest BCUT2D eigenvalue weighted by Gasteiger charge is -2.13. The second kappa shape index (κ2) is 6.04. The van der Waals surface area contributed by atoms with Gasteiger partial charge in [-0.25, -0.2) is 4.39 Å². The summed E-state index contributed by atoms with van der Waals surface area (Å²) in [5.74, 6) is 0.528. The predicted octanol–water partition coefficient (Wildman–Crippen LogP) is 4.83. The molecule has 110 valence electrons. The molecule has 0 bridgehead atoms. The normalized spacial score (nSPS) is 14.2. The fourth-order valence-corrected chi connectivity index (χ4v) is 2.26. The third kappa shape index (κ3) is 3.55. The van der Waals surface area contributed by atoms with Crippen molar-refractivity contribution in [3.05, 3.63) is 58.4 Å². The molecule has 1 fully saturated rings. The zero-order chi connectivity index (χ0) is 14.8. The van der Waals surface area contributed by atoms with E-state index in [-0.39, 0.29) is 11.6 Å². The van der Waals surface area contributed by atoms with Crippen LogP contribution in [0.3, 0.4) is 0 Å². The number of benzene rings is 2. The summed E-state index contributed by atoms with van der Waals surface area (Å²) in [6.45, 7) is 2.51. The Morgan fingerprint density at radius 1 is 1.29 bits per heavy atom. The molecular formula is C17H17ClFNO. The summed E-state index contributed by atoms with van der Waals surface area (Å²) < 4.78 is 19.8. The van der Waals surface area contributed by atoms with Gasteiger partial charge in [0.1, 0.15) is 5.75 Å². The Morgan fingerprint density at radius 3 is 2.81 bits per heavy atom. The molecule has 0 aromatic heterocycles. The van der Waals surface area contributed by atoms with Crippen molar-refractivity contribution in [3.63, 3.8) is 0 Å². The Labute approximate surface area is 128 Å². The summed E-state index contributed by atoms with van der Waals surface area (Å²) in [6, 6.07) is 10.9. The maximum atomic E-state index is 14.1. The number of halogens is 2. The van der Waals surface area contributed by atoms with Gasteiger partial charge in [0.15, 0.2) is 11.6 Å². The lowest BCUT2D eigenvalue weighted by molar-refractivity contribution is 0.433. The SMILES string of the molecule is Cc1cc(Oc2c(F)cccc2CNC2CC2)ccc1Cl. The lowest BCUT2D eigenvalue weighted by Crippen LogP contribution is -2.16. The van der Waals surface area contributed by atoms with Crippen LogP contribution in [-0.2, 0) is 6.54 Å². The van der Waals surface area contributed by atoms with E-state index < -0.39 is 0 Å². The maximum Gasteiger partial charge on any atom is 0.167 e. The van der Waals surface area contributed by atoms with E-state index in [1.807, 2.05) is 19.1 Å². The number of nitrogens with one attached hydrogen (secondary N) is 1. The summed E-state index contributed by atoms with van der Waals surface area (Å²) in [4.78, 5) is 0. The van der Waals surface area contributed by atoms with Gasteiger partial charge in [0, 0.05) is 23.2 Å². The minimum absolute atomic E-state index is 0.285. The third-order valence-corrected chi connectivity index (χ3v) is 3.98. The molecule has 0 spiro atoms. The van der Waals surface area contributed by atoms with Crippen LogP contribution < -0.4 is 10.1 Å². The van der Waals surface area contributed by atoms with Gasteiger partial charge in [-0.2, -0.15) is 0 Å². The van der Waals surface area contributed by atoms with Crippen LogP contribution in [0.25, 0.3) is 0 Å². The summed E-state index contributed by atoms with van der Waals surface area (Å²) in [5.41, 5.74) is 1.73. The Hall–Kier alpha value is -1.58. The molecule has 0 aliphatic heterocycles. The first-order valence-electron chi connectivity index (χ1n) is 7.08. The van der Waals surface area contributed by atoms with Crippen LogP contribution in [0.4, 0.5) is 4.39 Å². The molecule has 4 heteroatoms. The maximum absolute atomic E-state index is 14.1. The van der Waals surface area contributed by atoms with Crippen molar-refractivity contribution >= 4 is 11.6 Å². The van der Waals surface area contributed by atoms with Crippen molar-refractivity contribution in [1.82, 2.24) is 5.32 Å². The van der Waals surface area contributed by atoms with E-state index in [4.69, 9.17) is 16.3 Å². The standard InChI is InChI=1S/C17H17ClFNO/c1-11-9-14(7-8-15(11)18)21-17-12(3-2-4-16(17)19)10-20-13-5-6-13/h2-4,7-9,13,20H,5-6,10H2,1H3. The van der Waals surface area contributed by atoms with Crippen LogP contribution in [0.2, 0.25) is 5.02 Å². The van der Waals surface area contributed by atoms with Gasteiger partial charge in [0.2, 0.25) is 0 Å². The largest absolute Gasteiger partial charge is 0.454 e. The van der Waals surface area contributed by atoms with E-state index in [1.165, 1.54) is 18.9 Å². The molecular weight excluding hydrogens is 289 g/mol. The zero-order valence-corrected chi connectivity index (χ0v) is 12.6. The second-order valence-electron chi connectivity index (χ2n) is 5.40. The van der Waals surface area contributed by atoms with Crippen molar-refractivity contribution in [2.24, 2.45) is 0 Å². The van der Waals surface area contributed by atoms with Gasteiger partial charge >= 0.3 is 0 Å². The van der Waals surface area contributed by atoms with Gasteiger partial charge in [0.25, 0.3) is 0 Å². The molecule has 0 radical (unpaired) electrons. The average Bonchev–Trinajstić information content (AvgIpc) is 3.28. The van der Waals surface area contributed by atoms with Gasteiger partial charge in [-0.05, 0) is 49.6 Å². The highest BCUT2D eigenvalue weighted by atomic mass is 35.5. The van der Waals surface area contributed by atoms with Gasteiger partial charge in [-0.15, -0.1) is 0 Å². The second-order valence-corrected chi connectivity index (χ2v) is 5.80. The average molecular weight is 306 g/mol. The van der Waals surface area contributed by atoms with Crippen molar-refractivity contribution in [2.75, 3.05) is 0 Å². The van der Waals surface area contributed by atoms with E-state index in [2.05, 4.69) is 5.32 Å². The molecule has 0 atom stereocenters. The first-order valence-corrected chi connectivity index (χ1v) is 7.46. The molecule has 0 amide bonds.